The van der Waals surface area contributed by atoms with E-state index in [0.29, 0.717) is 16.7 Å². The number of carbonyl (C=O) groups is 1. The molecule has 1 atom stereocenters. The predicted molar refractivity (Wildman–Crippen MR) is 77.1 cm³/mol. The zero-order valence-corrected chi connectivity index (χ0v) is 11.3. The van der Waals surface area contributed by atoms with Gasteiger partial charge in [0.25, 0.3) is 0 Å². The lowest BCUT2D eigenvalue weighted by atomic mass is 10.1. The number of anilines is 1. The molecule has 0 aliphatic carbocycles. The smallest absolute Gasteiger partial charge is 0.248 e. The van der Waals surface area contributed by atoms with Crippen molar-refractivity contribution in [3.8, 4) is 0 Å². The largest absolute Gasteiger partial charge is 0.366 e. The number of hydrogen-bond donors (Lipinski definition) is 2. The lowest BCUT2D eigenvalue weighted by molar-refractivity contribution is 0.100. The number of benzene rings is 1. The molecule has 2 rings (SSSR count). The number of thioether (sulfide) groups is 1. The van der Waals surface area contributed by atoms with E-state index in [2.05, 4.69) is 24.2 Å². The van der Waals surface area contributed by atoms with Crippen LogP contribution in [0.3, 0.4) is 0 Å². The second kappa shape index (κ2) is 5.44. The van der Waals surface area contributed by atoms with Crippen molar-refractivity contribution >= 4 is 28.5 Å². The molecule has 96 valence electrons. The summed E-state index contributed by atoms with van der Waals surface area (Å²) in [5.41, 5.74) is 6.60. The molecule has 1 aliphatic heterocycles. The molecule has 3 N–H and O–H groups in total. The maximum absolute atomic E-state index is 11.1. The van der Waals surface area contributed by atoms with Crippen LogP contribution in [0.1, 0.15) is 24.2 Å². The minimum atomic E-state index is -0.417. The molecule has 0 saturated heterocycles. The molecule has 0 fully saturated rings. The highest BCUT2D eigenvalue weighted by Gasteiger charge is 2.22. The second-order valence-corrected chi connectivity index (χ2v) is 5.84. The molecular weight excluding hydrogens is 246 g/mol. The molecule has 1 aliphatic rings. The third-order valence-corrected chi connectivity index (χ3v) is 4.27. The molecule has 1 aromatic carbocycles. The third kappa shape index (κ3) is 3.04. The van der Waals surface area contributed by atoms with Crippen molar-refractivity contribution in [1.82, 2.24) is 0 Å². The highest BCUT2D eigenvalue weighted by molar-refractivity contribution is 8.15. The molecule has 5 heteroatoms. The van der Waals surface area contributed by atoms with Gasteiger partial charge in [0, 0.05) is 16.5 Å². The Hall–Kier alpha value is -1.49. The molecule has 0 radical (unpaired) electrons. The summed E-state index contributed by atoms with van der Waals surface area (Å²) in [5.74, 6) is 0.190. The topological polar surface area (TPSA) is 67.5 Å². The summed E-state index contributed by atoms with van der Waals surface area (Å²) in [4.78, 5) is 15.6. The van der Waals surface area contributed by atoms with Gasteiger partial charge in [-0.3, -0.25) is 9.79 Å². The molecule has 1 heterocycles. The summed E-state index contributed by atoms with van der Waals surface area (Å²) in [6.07, 6.45) is 0. The van der Waals surface area contributed by atoms with E-state index in [-0.39, 0.29) is 0 Å². The third-order valence-electron chi connectivity index (χ3n) is 2.82. The predicted octanol–water partition coefficient (Wildman–Crippen LogP) is 2.32. The van der Waals surface area contributed by atoms with Crippen molar-refractivity contribution in [2.45, 2.75) is 19.1 Å². The molecule has 18 heavy (non-hydrogen) atoms. The summed E-state index contributed by atoms with van der Waals surface area (Å²) in [7, 11) is 0. The zero-order chi connectivity index (χ0) is 13.1. The second-order valence-electron chi connectivity index (χ2n) is 4.62. The number of nitrogens with zero attached hydrogens (tertiary/aromatic N) is 1. The molecule has 4 nitrogen and oxygen atoms in total. The molecule has 1 aromatic rings. The van der Waals surface area contributed by atoms with Crippen LogP contribution in [0.15, 0.2) is 29.3 Å². The van der Waals surface area contributed by atoms with Crippen molar-refractivity contribution < 1.29 is 4.79 Å². The number of hydrogen-bond acceptors (Lipinski definition) is 4. The van der Waals surface area contributed by atoms with E-state index in [9.17, 15) is 4.79 Å². The number of nitrogens with one attached hydrogen (secondary N) is 1. The maximum atomic E-state index is 11.1. The van der Waals surface area contributed by atoms with Gasteiger partial charge in [-0.1, -0.05) is 31.7 Å². The number of amides is 1. The minimum absolute atomic E-state index is 0.417. The first-order valence-electron chi connectivity index (χ1n) is 5.94. The summed E-state index contributed by atoms with van der Waals surface area (Å²) in [6, 6.07) is 7.16. The normalized spacial score (nSPS) is 18.8. The first-order valence-corrected chi connectivity index (χ1v) is 6.82. The van der Waals surface area contributed by atoms with Crippen LogP contribution >= 0.6 is 11.8 Å². The van der Waals surface area contributed by atoms with Crippen molar-refractivity contribution in [1.29, 1.82) is 0 Å². The van der Waals surface area contributed by atoms with Crippen LogP contribution in [0.4, 0.5) is 5.69 Å². The number of nitrogens with two attached hydrogens (primary N) is 1. The highest BCUT2D eigenvalue weighted by atomic mass is 32.2. The van der Waals surface area contributed by atoms with E-state index in [1.165, 1.54) is 0 Å². The van der Waals surface area contributed by atoms with Gasteiger partial charge in [-0.15, -0.1) is 0 Å². The van der Waals surface area contributed by atoms with E-state index in [1.807, 2.05) is 12.1 Å². The van der Waals surface area contributed by atoms with Crippen LogP contribution in [0.25, 0.3) is 0 Å². The highest BCUT2D eigenvalue weighted by Crippen LogP contribution is 2.27. The van der Waals surface area contributed by atoms with Crippen molar-refractivity contribution in [3.63, 3.8) is 0 Å². The van der Waals surface area contributed by atoms with E-state index in [1.54, 1.807) is 23.9 Å². The SMILES string of the molecule is CC(C)C1CN=C(Nc2cccc(C(N)=O)c2)S1. The van der Waals surface area contributed by atoms with Gasteiger partial charge >= 0.3 is 0 Å². The quantitative estimate of drug-likeness (QED) is 0.879. The maximum Gasteiger partial charge on any atom is 0.248 e. The van der Waals surface area contributed by atoms with Gasteiger partial charge in [0.15, 0.2) is 5.17 Å². The molecule has 1 unspecified atom stereocenters. The lowest BCUT2D eigenvalue weighted by Gasteiger charge is -2.12. The average Bonchev–Trinajstić information content (AvgIpc) is 2.78. The number of primary amides is 1. The van der Waals surface area contributed by atoms with Crippen LogP contribution in [0, 0.1) is 5.92 Å². The molecule has 0 aromatic heterocycles. The molecular formula is C13H17N3OS. The Balaban J connectivity index is 2.03. The Morgan fingerprint density at radius 3 is 2.94 bits per heavy atom. The number of carbonyl (C=O) groups excluding carboxylic acids is 1. The van der Waals surface area contributed by atoms with Crippen molar-refractivity contribution in [2.24, 2.45) is 16.6 Å². The number of amidine groups is 1. The van der Waals surface area contributed by atoms with E-state index < -0.39 is 5.91 Å². The molecule has 0 spiro atoms. The first-order chi connectivity index (χ1) is 8.56. The van der Waals surface area contributed by atoms with Crippen LogP contribution in [0.5, 0.6) is 0 Å². The van der Waals surface area contributed by atoms with Gasteiger partial charge in [-0.25, -0.2) is 0 Å². The first kappa shape index (κ1) is 13.0. The van der Waals surface area contributed by atoms with E-state index in [4.69, 9.17) is 5.73 Å². The van der Waals surface area contributed by atoms with Gasteiger partial charge in [-0.2, -0.15) is 0 Å². The Kier molecular flexibility index (Phi) is 3.91. The summed E-state index contributed by atoms with van der Waals surface area (Å²) in [5, 5.41) is 4.67. The van der Waals surface area contributed by atoms with Gasteiger partial charge in [0.05, 0.1) is 6.54 Å². The Morgan fingerprint density at radius 1 is 1.56 bits per heavy atom. The fraction of sp³-hybridized carbons (Fsp3) is 0.385. The Labute approximate surface area is 111 Å². The van der Waals surface area contributed by atoms with Crippen molar-refractivity contribution in [3.05, 3.63) is 29.8 Å². The van der Waals surface area contributed by atoms with Gasteiger partial charge in [0.1, 0.15) is 0 Å². The standard InChI is InChI=1S/C13H17N3OS/c1-8(2)11-7-15-13(18-11)16-10-5-3-4-9(6-10)12(14)17/h3-6,8,11H,7H2,1-2H3,(H2,14,17)(H,15,16). The van der Waals surface area contributed by atoms with Crippen LogP contribution < -0.4 is 11.1 Å². The van der Waals surface area contributed by atoms with E-state index >= 15 is 0 Å². The van der Waals surface area contributed by atoms with Crippen molar-refractivity contribution in [2.75, 3.05) is 11.9 Å². The minimum Gasteiger partial charge on any atom is -0.366 e. The zero-order valence-electron chi connectivity index (χ0n) is 10.5. The number of rotatable bonds is 3. The van der Waals surface area contributed by atoms with E-state index in [0.717, 1.165) is 17.4 Å². The average molecular weight is 263 g/mol. The summed E-state index contributed by atoms with van der Waals surface area (Å²) in [6.45, 7) is 5.24. The Morgan fingerprint density at radius 2 is 2.33 bits per heavy atom. The van der Waals surface area contributed by atoms with Crippen LogP contribution in [-0.2, 0) is 0 Å². The Bertz CT molecular complexity index is 485. The fourth-order valence-corrected chi connectivity index (χ4v) is 2.71. The number of aliphatic imine (C=N–C) groups is 1. The fourth-order valence-electron chi connectivity index (χ4n) is 1.68. The molecule has 0 saturated carbocycles. The van der Waals surface area contributed by atoms with Crippen LogP contribution in [0.2, 0.25) is 0 Å². The summed E-state index contributed by atoms with van der Waals surface area (Å²) >= 11 is 1.75. The molecule has 1 amide bonds. The van der Waals surface area contributed by atoms with Gasteiger partial charge in [0.2, 0.25) is 5.91 Å². The lowest BCUT2D eigenvalue weighted by Crippen LogP contribution is -2.14. The van der Waals surface area contributed by atoms with Gasteiger partial charge in [-0.05, 0) is 24.1 Å². The monoisotopic (exact) mass is 263 g/mol. The van der Waals surface area contributed by atoms with Crippen LogP contribution in [-0.4, -0.2) is 22.9 Å². The van der Waals surface area contributed by atoms with Gasteiger partial charge < -0.3 is 11.1 Å². The molecule has 0 bridgehead atoms. The summed E-state index contributed by atoms with van der Waals surface area (Å²) < 4.78 is 0.